The Morgan fingerprint density at radius 2 is 1.35 bits per heavy atom. The second kappa shape index (κ2) is 33.1. The van der Waals surface area contributed by atoms with Crippen molar-refractivity contribution in [3.05, 3.63) is 12.2 Å². The summed E-state index contributed by atoms with van der Waals surface area (Å²) in [4.78, 5) is 47.7. The molecule has 1 fully saturated rings. The molecule has 0 radical (unpaired) electrons. The van der Waals surface area contributed by atoms with Gasteiger partial charge >= 0.3 is 19.8 Å². The molecule has 0 spiro atoms. The van der Waals surface area contributed by atoms with E-state index in [1.165, 1.54) is 51.4 Å². The number of carbonyl (C=O) groups is 3. The van der Waals surface area contributed by atoms with Crippen LogP contribution in [0.25, 0.3) is 0 Å². The highest BCUT2D eigenvalue weighted by Crippen LogP contribution is 2.43. The first-order valence-electron chi connectivity index (χ1n) is 22.1. The van der Waals surface area contributed by atoms with E-state index in [2.05, 4.69) is 25.3 Å². The number of ether oxygens (including phenoxy) is 2. The van der Waals surface area contributed by atoms with Crippen molar-refractivity contribution in [1.29, 1.82) is 0 Å². The maximum atomic E-state index is 12.6. The zero-order valence-corrected chi connectivity index (χ0v) is 36.3. The van der Waals surface area contributed by atoms with Crippen molar-refractivity contribution < 1.29 is 62.8 Å². The van der Waals surface area contributed by atoms with Crippen LogP contribution in [-0.2, 0) is 37.5 Å². The van der Waals surface area contributed by atoms with Gasteiger partial charge in [-0.2, -0.15) is 0 Å². The molecule has 334 valence electrons. The highest BCUT2D eigenvalue weighted by molar-refractivity contribution is 7.47. The second-order valence-corrected chi connectivity index (χ2v) is 17.6. The van der Waals surface area contributed by atoms with E-state index in [-0.39, 0.29) is 31.0 Å². The smallest absolute Gasteiger partial charge is 0.462 e. The van der Waals surface area contributed by atoms with Crippen LogP contribution in [-0.4, -0.2) is 93.9 Å². The summed E-state index contributed by atoms with van der Waals surface area (Å²) in [7, 11) is -4.67. The van der Waals surface area contributed by atoms with Gasteiger partial charge in [-0.05, 0) is 37.5 Å². The molecule has 8 atom stereocenters. The van der Waals surface area contributed by atoms with Gasteiger partial charge in [0.2, 0.25) is 0 Å². The van der Waals surface area contributed by atoms with E-state index >= 15 is 0 Å². The van der Waals surface area contributed by atoms with Gasteiger partial charge in [-0.1, -0.05) is 142 Å². The van der Waals surface area contributed by atoms with Gasteiger partial charge in [0.1, 0.15) is 18.5 Å². The van der Waals surface area contributed by atoms with Crippen LogP contribution in [0.4, 0.5) is 0 Å². The molecule has 2 unspecified atom stereocenters. The van der Waals surface area contributed by atoms with E-state index in [1.54, 1.807) is 12.2 Å². The number of hydrogen-bond acceptors (Lipinski definition) is 12. The molecule has 0 aromatic heterocycles. The Kier molecular flexibility index (Phi) is 30.9. The van der Waals surface area contributed by atoms with Gasteiger partial charge < -0.3 is 34.8 Å². The quantitative estimate of drug-likeness (QED) is 0.0174. The van der Waals surface area contributed by atoms with Gasteiger partial charge in [0.25, 0.3) is 0 Å². The number of aliphatic hydroxyl groups is 4. The van der Waals surface area contributed by atoms with Gasteiger partial charge in [-0.25, -0.2) is 4.57 Å². The van der Waals surface area contributed by atoms with Crippen LogP contribution in [0.3, 0.4) is 0 Å². The van der Waals surface area contributed by atoms with E-state index in [1.807, 2.05) is 0 Å². The standard InChI is InChI=1S/C43H79O13P/c1-4-6-17-23-35(45)27-28-39-38(40(47)29-41(39)48)24-19-15-16-20-25-42(49)53-32-37(33-55-57(51,52)54-31-36(46)30-44)56-43(50)26-21-14-12-10-8-7-9-11-13-18-22-34(3)5-2/h27-28,34-40,44-47H,4-26,29-33H2,1-3H3,(H,51,52)/b28-27+/t34?,35-,36-,37+,38+,39+,40-/m0/s1. The van der Waals surface area contributed by atoms with Gasteiger partial charge in [0, 0.05) is 25.2 Å². The van der Waals surface area contributed by atoms with E-state index in [0.717, 1.165) is 57.3 Å². The van der Waals surface area contributed by atoms with Crippen molar-refractivity contribution in [2.75, 3.05) is 26.4 Å². The predicted octanol–water partition coefficient (Wildman–Crippen LogP) is 8.06. The number of Topliss-reactive ketones (excluding diaryl/α,β-unsaturated/α-hetero) is 1. The van der Waals surface area contributed by atoms with Crippen molar-refractivity contribution in [3.8, 4) is 0 Å². The van der Waals surface area contributed by atoms with Crippen LogP contribution in [0.15, 0.2) is 12.2 Å². The first kappa shape index (κ1) is 53.3. The average molecular weight is 835 g/mol. The summed E-state index contributed by atoms with van der Waals surface area (Å²) >= 11 is 0. The maximum absolute atomic E-state index is 12.6. The molecule has 0 aromatic carbocycles. The Labute approximate surface area is 343 Å². The van der Waals surface area contributed by atoms with Crippen molar-refractivity contribution in [1.82, 2.24) is 0 Å². The second-order valence-electron chi connectivity index (χ2n) is 16.1. The van der Waals surface area contributed by atoms with E-state index < -0.39 is 76.5 Å². The Morgan fingerprint density at radius 1 is 0.789 bits per heavy atom. The molecule has 14 heteroatoms. The third kappa shape index (κ3) is 27.6. The van der Waals surface area contributed by atoms with Crippen LogP contribution < -0.4 is 0 Å². The molecule has 0 saturated heterocycles. The average Bonchev–Trinajstić information content (AvgIpc) is 3.46. The molecule has 1 aliphatic rings. The molecule has 0 bridgehead atoms. The minimum atomic E-state index is -4.67. The largest absolute Gasteiger partial charge is 0.472 e. The molecule has 1 aliphatic carbocycles. The molecule has 0 aliphatic heterocycles. The number of phosphoric acid groups is 1. The lowest BCUT2D eigenvalue weighted by atomic mass is 9.88. The fourth-order valence-electron chi connectivity index (χ4n) is 6.99. The molecule has 1 saturated carbocycles. The zero-order chi connectivity index (χ0) is 42.3. The van der Waals surface area contributed by atoms with Crippen LogP contribution in [0.2, 0.25) is 0 Å². The summed E-state index contributed by atoms with van der Waals surface area (Å²) in [5.74, 6) is -0.867. The fourth-order valence-corrected chi connectivity index (χ4v) is 7.78. The van der Waals surface area contributed by atoms with E-state index in [0.29, 0.717) is 32.1 Å². The number of phosphoric ester groups is 1. The van der Waals surface area contributed by atoms with Crippen LogP contribution in [0, 0.1) is 17.8 Å². The molecular weight excluding hydrogens is 755 g/mol. The normalized spacial score (nSPS) is 20.4. The first-order chi connectivity index (χ1) is 27.3. The molecule has 13 nitrogen and oxygen atoms in total. The summed E-state index contributed by atoms with van der Waals surface area (Å²) < 4.78 is 32.7. The number of allylic oxidation sites excluding steroid dienone is 1. The van der Waals surface area contributed by atoms with Gasteiger partial charge in [0.15, 0.2) is 6.10 Å². The molecule has 0 aromatic rings. The third-order valence-electron chi connectivity index (χ3n) is 10.9. The number of aliphatic hydroxyl groups excluding tert-OH is 4. The van der Waals surface area contributed by atoms with E-state index in [9.17, 15) is 39.2 Å². The molecule has 1 rings (SSSR count). The van der Waals surface area contributed by atoms with Gasteiger partial charge in [-0.3, -0.25) is 23.4 Å². The number of ketones is 1. The highest BCUT2D eigenvalue weighted by atomic mass is 31.2. The number of esters is 2. The first-order valence-corrected chi connectivity index (χ1v) is 23.6. The van der Waals surface area contributed by atoms with Crippen molar-refractivity contribution >= 4 is 25.5 Å². The molecular formula is C43H79O13P. The topological polar surface area (TPSA) is 206 Å². The van der Waals surface area contributed by atoms with Crippen molar-refractivity contribution in [2.24, 2.45) is 17.8 Å². The van der Waals surface area contributed by atoms with Crippen LogP contribution in [0.5, 0.6) is 0 Å². The SMILES string of the molecule is CCCCC[C@H](O)/C=C/[C@H]1C(=O)C[C@H](O)[C@@H]1CCCCCCC(=O)OC[C@H](COP(=O)(O)OC[C@@H](O)CO)OC(=O)CCCCCCCCCCCCC(C)CC. The summed E-state index contributed by atoms with van der Waals surface area (Å²) in [5.41, 5.74) is 0. The number of hydrogen-bond donors (Lipinski definition) is 5. The number of carbonyl (C=O) groups excluding carboxylic acids is 3. The monoisotopic (exact) mass is 835 g/mol. The number of unbranched alkanes of at least 4 members (excludes halogenated alkanes) is 14. The Hall–Kier alpha value is -1.70. The summed E-state index contributed by atoms with van der Waals surface area (Å²) in [6.45, 7) is 4.34. The molecule has 0 amide bonds. The van der Waals surface area contributed by atoms with Crippen LogP contribution >= 0.6 is 7.82 Å². The van der Waals surface area contributed by atoms with E-state index in [4.69, 9.17) is 19.1 Å². The lowest BCUT2D eigenvalue weighted by Gasteiger charge is -2.20. The lowest BCUT2D eigenvalue weighted by Crippen LogP contribution is -2.29. The van der Waals surface area contributed by atoms with Crippen LogP contribution in [0.1, 0.15) is 175 Å². The summed E-state index contributed by atoms with van der Waals surface area (Å²) in [5, 5.41) is 39.1. The molecule has 5 N–H and O–H groups in total. The van der Waals surface area contributed by atoms with Crippen molar-refractivity contribution in [3.63, 3.8) is 0 Å². The number of rotatable bonds is 37. The minimum absolute atomic E-state index is 0.00847. The third-order valence-corrected chi connectivity index (χ3v) is 11.8. The maximum Gasteiger partial charge on any atom is 0.472 e. The predicted molar refractivity (Wildman–Crippen MR) is 220 cm³/mol. The minimum Gasteiger partial charge on any atom is -0.462 e. The Balaban J connectivity index is 2.44. The Morgan fingerprint density at radius 3 is 1.96 bits per heavy atom. The lowest BCUT2D eigenvalue weighted by molar-refractivity contribution is -0.161. The highest BCUT2D eigenvalue weighted by Gasteiger charge is 2.39. The summed E-state index contributed by atoms with van der Waals surface area (Å²) in [6, 6.07) is 0. The summed E-state index contributed by atoms with van der Waals surface area (Å²) in [6.07, 6.45) is 20.8. The zero-order valence-electron chi connectivity index (χ0n) is 35.4. The Bertz CT molecular complexity index is 1130. The van der Waals surface area contributed by atoms with Gasteiger partial charge in [-0.15, -0.1) is 0 Å². The van der Waals surface area contributed by atoms with Crippen molar-refractivity contribution in [2.45, 2.75) is 199 Å². The van der Waals surface area contributed by atoms with Gasteiger partial charge in [0.05, 0.1) is 32.0 Å². The molecule has 0 heterocycles. The fraction of sp³-hybridized carbons (Fsp3) is 0.884. The molecule has 57 heavy (non-hydrogen) atoms.